The molecule has 14 heteroatoms. The van der Waals surface area contributed by atoms with E-state index in [1.54, 1.807) is 66.1 Å². The molecule has 0 aliphatic carbocycles. The maximum absolute atomic E-state index is 12.4. The Balaban J connectivity index is 0.000000244. The van der Waals surface area contributed by atoms with Crippen molar-refractivity contribution in [1.29, 1.82) is 0 Å². The minimum Gasteiger partial charge on any atom is -0.444 e. The van der Waals surface area contributed by atoms with Crippen LogP contribution in [0.25, 0.3) is 0 Å². The number of alkyl carbamates (subject to hydrolysis) is 1. The highest BCUT2D eigenvalue weighted by atomic mass is 35.5. The van der Waals surface area contributed by atoms with Gasteiger partial charge in [0.15, 0.2) is 0 Å². The second-order valence-corrected chi connectivity index (χ2v) is 13.8. The number of benzene rings is 2. The number of halogens is 4. The molecule has 10 nitrogen and oxygen atoms in total. The monoisotopic (exact) mass is 689 g/mol. The van der Waals surface area contributed by atoms with Gasteiger partial charge in [0.25, 0.3) is 5.91 Å². The van der Waals surface area contributed by atoms with E-state index in [2.05, 4.69) is 5.32 Å². The molecule has 0 aromatic heterocycles. The van der Waals surface area contributed by atoms with Crippen LogP contribution in [0.15, 0.2) is 36.4 Å². The summed E-state index contributed by atoms with van der Waals surface area (Å²) in [5.41, 5.74) is 0.349. The van der Waals surface area contributed by atoms with Crippen LogP contribution in [0.5, 0.6) is 0 Å². The fourth-order valence-electron chi connectivity index (χ4n) is 4.42. The van der Waals surface area contributed by atoms with Crippen LogP contribution in [0.4, 0.5) is 21.0 Å². The van der Waals surface area contributed by atoms with Crippen molar-refractivity contribution in [3.63, 3.8) is 0 Å². The third-order valence-corrected chi connectivity index (χ3v) is 7.19. The Hall–Kier alpha value is -2.79. The molecule has 44 heavy (non-hydrogen) atoms. The van der Waals surface area contributed by atoms with Crippen molar-refractivity contribution in [2.24, 2.45) is 0 Å². The van der Waals surface area contributed by atoms with E-state index in [1.807, 2.05) is 31.8 Å². The SMILES string of the molecule is CC(C)(C)OC(=O)N1CCCN1c1ccc(Cl)cc1Cl.CC(C)(C)OC(=O)NCC(=O)N1CCCN1c1ccc(Cl)cc1Cl. The Morgan fingerprint density at radius 2 is 1.16 bits per heavy atom. The summed E-state index contributed by atoms with van der Waals surface area (Å²) in [4.78, 5) is 36.3. The van der Waals surface area contributed by atoms with Gasteiger partial charge >= 0.3 is 12.2 Å². The second-order valence-electron chi connectivity index (χ2n) is 12.1. The number of nitrogens with one attached hydrogen (secondary N) is 1. The smallest absolute Gasteiger partial charge is 0.429 e. The standard InChI is InChI=1S/C16H21Cl2N3O3.C14H18Cl2N2O2/c1-16(2,3)24-15(23)19-10-14(22)21-8-4-7-20(21)13-6-5-11(17)9-12(13)18;1-14(2,3)20-13(19)18-8-4-7-17(18)12-6-5-10(15)9-11(12)16/h5-6,9H,4,7-8,10H2,1-3H3,(H,19,23);5-6,9H,4,7-8H2,1-3H3. The van der Waals surface area contributed by atoms with Gasteiger partial charge in [0.1, 0.15) is 17.7 Å². The van der Waals surface area contributed by atoms with E-state index in [0.29, 0.717) is 45.4 Å². The van der Waals surface area contributed by atoms with Crippen molar-refractivity contribution in [3.8, 4) is 0 Å². The van der Waals surface area contributed by atoms with E-state index >= 15 is 0 Å². The maximum atomic E-state index is 12.4. The first kappa shape index (κ1) is 35.7. The Kier molecular flexibility index (Phi) is 12.2. The van der Waals surface area contributed by atoms with Gasteiger partial charge in [-0.05, 0) is 90.8 Å². The summed E-state index contributed by atoms with van der Waals surface area (Å²) < 4.78 is 10.5. The molecular formula is C30H39Cl4N5O5. The number of rotatable bonds is 4. The van der Waals surface area contributed by atoms with Gasteiger partial charge in [0, 0.05) is 36.2 Å². The third kappa shape index (κ3) is 10.4. The minimum atomic E-state index is -0.619. The van der Waals surface area contributed by atoms with Crippen molar-refractivity contribution < 1.29 is 23.9 Å². The van der Waals surface area contributed by atoms with Crippen LogP contribution in [0, 0.1) is 0 Å². The van der Waals surface area contributed by atoms with Crippen molar-refractivity contribution in [2.75, 3.05) is 42.7 Å². The molecule has 3 amide bonds. The molecule has 242 valence electrons. The predicted octanol–water partition coefficient (Wildman–Crippen LogP) is 7.83. The third-order valence-electron chi connectivity index (χ3n) is 6.11. The molecule has 2 fully saturated rings. The molecule has 2 aromatic carbocycles. The van der Waals surface area contributed by atoms with Gasteiger partial charge in [-0.1, -0.05) is 46.4 Å². The molecule has 0 unspecified atom stereocenters. The van der Waals surface area contributed by atoms with E-state index in [1.165, 1.54) is 0 Å². The zero-order valence-corrected chi connectivity index (χ0v) is 28.8. The summed E-state index contributed by atoms with van der Waals surface area (Å²) in [5, 5.41) is 11.4. The van der Waals surface area contributed by atoms with Gasteiger partial charge in [0.2, 0.25) is 0 Å². The molecular weight excluding hydrogens is 652 g/mol. The van der Waals surface area contributed by atoms with Crippen LogP contribution < -0.4 is 15.3 Å². The molecule has 4 rings (SSSR count). The van der Waals surface area contributed by atoms with E-state index in [9.17, 15) is 14.4 Å². The van der Waals surface area contributed by atoms with Crippen molar-refractivity contribution in [3.05, 3.63) is 56.5 Å². The zero-order valence-electron chi connectivity index (χ0n) is 25.8. The van der Waals surface area contributed by atoms with Gasteiger partial charge in [-0.15, -0.1) is 0 Å². The Labute approximate surface area is 279 Å². The Morgan fingerprint density at radius 1 is 0.705 bits per heavy atom. The maximum Gasteiger partial charge on any atom is 0.429 e. The zero-order chi connectivity index (χ0) is 32.8. The lowest BCUT2D eigenvalue weighted by atomic mass is 10.2. The normalized spacial score (nSPS) is 15.1. The number of carbonyl (C=O) groups excluding carboxylic acids is 3. The Bertz CT molecular complexity index is 1350. The largest absolute Gasteiger partial charge is 0.444 e. The van der Waals surface area contributed by atoms with Crippen LogP contribution in [-0.2, 0) is 14.3 Å². The predicted molar refractivity (Wildman–Crippen MR) is 176 cm³/mol. The lowest BCUT2D eigenvalue weighted by molar-refractivity contribution is -0.129. The highest BCUT2D eigenvalue weighted by Crippen LogP contribution is 2.33. The van der Waals surface area contributed by atoms with Gasteiger partial charge in [-0.25, -0.2) is 14.6 Å². The summed E-state index contributed by atoms with van der Waals surface area (Å²) in [6.07, 6.45) is 0.710. The van der Waals surface area contributed by atoms with E-state index in [0.717, 1.165) is 25.1 Å². The van der Waals surface area contributed by atoms with Gasteiger partial charge in [0.05, 0.1) is 21.4 Å². The number of hydrogen-bond donors (Lipinski definition) is 1. The van der Waals surface area contributed by atoms with Crippen LogP contribution in [0.1, 0.15) is 54.4 Å². The van der Waals surface area contributed by atoms with Gasteiger partial charge in [-0.2, -0.15) is 0 Å². The molecule has 2 saturated heterocycles. The molecule has 2 aromatic rings. The molecule has 0 spiro atoms. The fourth-order valence-corrected chi connectivity index (χ4v) is 5.43. The first-order chi connectivity index (χ1) is 20.4. The van der Waals surface area contributed by atoms with Crippen LogP contribution >= 0.6 is 46.4 Å². The molecule has 2 aliphatic heterocycles. The van der Waals surface area contributed by atoms with Crippen LogP contribution in [0.3, 0.4) is 0 Å². The van der Waals surface area contributed by atoms with Crippen molar-refractivity contribution in [1.82, 2.24) is 15.3 Å². The summed E-state index contributed by atoms with van der Waals surface area (Å²) in [7, 11) is 0. The highest BCUT2D eigenvalue weighted by molar-refractivity contribution is 6.37. The fraction of sp³-hybridized carbons (Fsp3) is 0.500. The summed E-state index contributed by atoms with van der Waals surface area (Å²) in [6, 6.07) is 10.4. The number of ether oxygens (including phenoxy) is 2. The lowest BCUT2D eigenvalue weighted by Gasteiger charge is -2.32. The van der Waals surface area contributed by atoms with Crippen LogP contribution in [-0.4, -0.2) is 72.0 Å². The second kappa shape index (κ2) is 15.0. The van der Waals surface area contributed by atoms with Crippen LogP contribution in [0.2, 0.25) is 20.1 Å². The van der Waals surface area contributed by atoms with Crippen molar-refractivity contribution >= 4 is 75.9 Å². The molecule has 1 N–H and O–H groups in total. The molecule has 2 heterocycles. The molecule has 0 saturated carbocycles. The van der Waals surface area contributed by atoms with Crippen molar-refractivity contribution in [2.45, 2.75) is 65.6 Å². The summed E-state index contributed by atoms with van der Waals surface area (Å²) in [6.45, 7) is 13.3. The van der Waals surface area contributed by atoms with E-state index < -0.39 is 17.3 Å². The minimum absolute atomic E-state index is 0.142. The molecule has 0 bridgehead atoms. The first-order valence-corrected chi connectivity index (χ1v) is 15.7. The average molecular weight is 691 g/mol. The lowest BCUT2D eigenvalue weighted by Crippen LogP contribution is -2.47. The molecule has 2 aliphatic rings. The summed E-state index contributed by atoms with van der Waals surface area (Å²) >= 11 is 24.3. The quantitative estimate of drug-likeness (QED) is 0.350. The average Bonchev–Trinajstić information content (AvgIpc) is 3.56. The van der Waals surface area contributed by atoms with Gasteiger partial charge in [-0.3, -0.25) is 19.8 Å². The number of nitrogens with zero attached hydrogens (tertiary/aromatic N) is 4. The Morgan fingerprint density at radius 3 is 1.61 bits per heavy atom. The van der Waals surface area contributed by atoms with E-state index in [-0.39, 0.29) is 18.5 Å². The number of hydrogen-bond acceptors (Lipinski definition) is 7. The topological polar surface area (TPSA) is 94.7 Å². The van der Waals surface area contributed by atoms with Gasteiger partial charge < -0.3 is 14.8 Å². The number of carbonyl (C=O) groups is 3. The highest BCUT2D eigenvalue weighted by Gasteiger charge is 2.32. The number of hydrazine groups is 2. The molecule has 0 atom stereocenters. The first-order valence-electron chi connectivity index (χ1n) is 14.2. The molecule has 0 radical (unpaired) electrons. The number of anilines is 2. The van der Waals surface area contributed by atoms with E-state index in [4.69, 9.17) is 55.9 Å². The number of amides is 3. The summed E-state index contributed by atoms with van der Waals surface area (Å²) in [5.74, 6) is -0.232.